The fourth-order valence-corrected chi connectivity index (χ4v) is 5.90. The molecule has 2 aliphatic heterocycles. The summed E-state index contributed by atoms with van der Waals surface area (Å²) in [5.41, 5.74) is 3.77. The number of carbonyl (C=O) groups excluding carboxylic acids is 2. The van der Waals surface area contributed by atoms with E-state index in [1.54, 1.807) is 4.90 Å². The number of imidazole rings is 1. The van der Waals surface area contributed by atoms with E-state index >= 15 is 0 Å². The molecule has 3 aliphatic rings. The summed E-state index contributed by atoms with van der Waals surface area (Å²) in [6.45, 7) is 6.70. The highest BCUT2D eigenvalue weighted by Crippen LogP contribution is 2.34. The van der Waals surface area contributed by atoms with Gasteiger partial charge in [0.15, 0.2) is 0 Å². The standard InChI is InChI=1S/C30H39N5O5/c1-30(2,3)40-29(39)35-17-4-6-24(35)26-31-18-23(33-26)21-10-8-19(9-11-21)20-12-14-22(15-13-20)32-27(36)25-7-5-16-34(25)28(37)38/h8-12,18,22,24-25H,4-7,13-17H2,1-3H3,(H,31,33)(H,32,36)(H,37,38)/t22?,24-,25?/m0/s1. The molecule has 0 saturated carbocycles. The Balaban J connectivity index is 1.18. The van der Waals surface area contributed by atoms with Crippen LogP contribution in [0.5, 0.6) is 0 Å². The summed E-state index contributed by atoms with van der Waals surface area (Å²) < 4.78 is 5.59. The van der Waals surface area contributed by atoms with Crippen molar-refractivity contribution in [3.63, 3.8) is 0 Å². The van der Waals surface area contributed by atoms with E-state index in [4.69, 9.17) is 4.74 Å². The maximum Gasteiger partial charge on any atom is 0.410 e. The number of H-pyrrole nitrogens is 1. The topological polar surface area (TPSA) is 128 Å². The van der Waals surface area contributed by atoms with Crippen molar-refractivity contribution in [2.45, 2.75) is 89.4 Å². The molecule has 3 amide bonds. The minimum absolute atomic E-state index is 0.0195. The molecule has 3 N–H and O–H groups in total. The van der Waals surface area contributed by atoms with E-state index in [1.165, 1.54) is 10.5 Å². The summed E-state index contributed by atoms with van der Waals surface area (Å²) in [6.07, 6.45) is 8.11. The first-order chi connectivity index (χ1) is 19.1. The molecular formula is C30H39N5O5. The third-order valence-corrected chi connectivity index (χ3v) is 7.92. The highest BCUT2D eigenvalue weighted by Gasteiger charge is 2.36. The summed E-state index contributed by atoms with van der Waals surface area (Å²) in [6, 6.07) is 7.67. The molecule has 2 unspecified atom stereocenters. The van der Waals surface area contributed by atoms with Crippen LogP contribution in [0, 0.1) is 0 Å². The van der Waals surface area contributed by atoms with Gasteiger partial charge in [0, 0.05) is 19.1 Å². The van der Waals surface area contributed by atoms with Crippen molar-refractivity contribution in [2.24, 2.45) is 0 Å². The zero-order chi connectivity index (χ0) is 28.4. The predicted octanol–water partition coefficient (Wildman–Crippen LogP) is 5.34. The number of nitrogens with zero attached hydrogens (tertiary/aromatic N) is 3. The molecule has 1 aromatic heterocycles. The first kappa shape index (κ1) is 27.7. The van der Waals surface area contributed by atoms with Crippen LogP contribution >= 0.6 is 0 Å². The van der Waals surface area contributed by atoms with E-state index in [9.17, 15) is 19.5 Å². The van der Waals surface area contributed by atoms with Crippen LogP contribution in [0.3, 0.4) is 0 Å². The molecule has 2 aromatic rings. The van der Waals surface area contributed by atoms with Gasteiger partial charge in [-0.05, 0) is 82.4 Å². The normalized spacial score (nSPS) is 23.2. The Kier molecular flexibility index (Phi) is 7.87. The van der Waals surface area contributed by atoms with Gasteiger partial charge in [0.2, 0.25) is 5.91 Å². The smallest absolute Gasteiger partial charge is 0.410 e. The Hall–Kier alpha value is -3.82. The van der Waals surface area contributed by atoms with Crippen LogP contribution in [0.4, 0.5) is 9.59 Å². The van der Waals surface area contributed by atoms with Crippen molar-refractivity contribution in [1.29, 1.82) is 0 Å². The maximum atomic E-state index is 12.7. The summed E-state index contributed by atoms with van der Waals surface area (Å²) in [5.74, 6) is 0.589. The number of allylic oxidation sites excluding steroid dienone is 1. The van der Waals surface area contributed by atoms with Crippen molar-refractivity contribution in [3.05, 3.63) is 47.9 Å². The van der Waals surface area contributed by atoms with Gasteiger partial charge in [-0.15, -0.1) is 0 Å². The highest BCUT2D eigenvalue weighted by molar-refractivity contribution is 5.86. The molecule has 2 saturated heterocycles. The molecule has 1 aromatic carbocycles. The van der Waals surface area contributed by atoms with Gasteiger partial charge in [-0.3, -0.25) is 14.6 Å². The summed E-state index contributed by atoms with van der Waals surface area (Å²) in [4.78, 5) is 47.8. The lowest BCUT2D eigenvalue weighted by Crippen LogP contribution is -2.48. The molecule has 5 rings (SSSR count). The first-order valence-electron chi connectivity index (χ1n) is 14.2. The van der Waals surface area contributed by atoms with Gasteiger partial charge in [0.25, 0.3) is 0 Å². The molecule has 214 valence electrons. The number of hydrogen-bond donors (Lipinski definition) is 3. The molecule has 3 heterocycles. The van der Waals surface area contributed by atoms with E-state index < -0.39 is 17.7 Å². The predicted molar refractivity (Wildman–Crippen MR) is 150 cm³/mol. The number of carboxylic acid groups (broad SMARTS) is 1. The van der Waals surface area contributed by atoms with Gasteiger partial charge in [-0.25, -0.2) is 14.6 Å². The number of aromatic amines is 1. The summed E-state index contributed by atoms with van der Waals surface area (Å²) >= 11 is 0. The van der Waals surface area contributed by atoms with Gasteiger partial charge in [-0.2, -0.15) is 0 Å². The Morgan fingerprint density at radius 3 is 2.40 bits per heavy atom. The van der Waals surface area contributed by atoms with E-state index in [-0.39, 0.29) is 24.1 Å². The van der Waals surface area contributed by atoms with Gasteiger partial charge >= 0.3 is 12.2 Å². The van der Waals surface area contributed by atoms with E-state index in [1.807, 2.05) is 27.0 Å². The number of hydrogen-bond acceptors (Lipinski definition) is 5. The minimum atomic E-state index is -1.03. The first-order valence-corrected chi connectivity index (χ1v) is 14.2. The summed E-state index contributed by atoms with van der Waals surface area (Å²) in [5, 5.41) is 12.4. The number of amides is 3. The molecule has 0 bridgehead atoms. The fourth-order valence-electron chi connectivity index (χ4n) is 5.90. The molecule has 1 aliphatic carbocycles. The van der Waals surface area contributed by atoms with Crippen molar-refractivity contribution in [2.75, 3.05) is 13.1 Å². The maximum absolute atomic E-state index is 12.7. The van der Waals surface area contributed by atoms with Gasteiger partial charge in [0.05, 0.1) is 17.9 Å². The van der Waals surface area contributed by atoms with Gasteiger partial charge < -0.3 is 20.1 Å². The largest absolute Gasteiger partial charge is 0.465 e. The van der Waals surface area contributed by atoms with Crippen LogP contribution in [-0.4, -0.2) is 73.7 Å². The van der Waals surface area contributed by atoms with Crippen molar-refractivity contribution < 1.29 is 24.2 Å². The van der Waals surface area contributed by atoms with Crippen molar-refractivity contribution in [1.82, 2.24) is 25.1 Å². The molecule has 0 radical (unpaired) electrons. The van der Waals surface area contributed by atoms with E-state index in [0.29, 0.717) is 19.5 Å². The molecule has 40 heavy (non-hydrogen) atoms. The second-order valence-corrected chi connectivity index (χ2v) is 11.9. The van der Waals surface area contributed by atoms with Crippen LogP contribution in [-0.2, 0) is 9.53 Å². The molecular weight excluding hydrogens is 510 g/mol. The highest BCUT2D eigenvalue weighted by atomic mass is 16.6. The van der Waals surface area contributed by atoms with Crippen LogP contribution in [0.1, 0.15) is 83.1 Å². The Labute approximate surface area is 234 Å². The number of benzene rings is 1. The van der Waals surface area contributed by atoms with Crippen LogP contribution in [0.15, 0.2) is 36.5 Å². The lowest BCUT2D eigenvalue weighted by molar-refractivity contribution is -0.125. The number of aromatic nitrogens is 2. The number of carbonyl (C=O) groups is 3. The second kappa shape index (κ2) is 11.3. The summed E-state index contributed by atoms with van der Waals surface area (Å²) in [7, 11) is 0. The molecule has 2 fully saturated rings. The zero-order valence-electron chi connectivity index (χ0n) is 23.5. The zero-order valence-corrected chi connectivity index (χ0v) is 23.5. The lowest BCUT2D eigenvalue weighted by atomic mass is 9.90. The van der Waals surface area contributed by atoms with Gasteiger partial charge in [-0.1, -0.05) is 30.3 Å². The number of rotatable bonds is 5. The van der Waals surface area contributed by atoms with Crippen molar-refractivity contribution in [3.8, 4) is 11.3 Å². The lowest BCUT2D eigenvalue weighted by Gasteiger charge is -2.27. The number of likely N-dealkylation sites (tertiary alicyclic amines) is 2. The van der Waals surface area contributed by atoms with Crippen LogP contribution in [0.2, 0.25) is 0 Å². The Morgan fingerprint density at radius 1 is 1.02 bits per heavy atom. The second-order valence-electron chi connectivity index (χ2n) is 11.9. The van der Waals surface area contributed by atoms with Crippen LogP contribution in [0.25, 0.3) is 16.8 Å². The van der Waals surface area contributed by atoms with E-state index in [0.717, 1.165) is 61.2 Å². The number of nitrogens with one attached hydrogen (secondary N) is 2. The Bertz CT molecular complexity index is 1280. The third kappa shape index (κ3) is 6.16. The molecule has 0 spiro atoms. The molecule has 10 heteroatoms. The van der Waals surface area contributed by atoms with E-state index in [2.05, 4.69) is 45.6 Å². The SMILES string of the molecule is CC(C)(C)OC(=O)N1CCC[C@H]1c1ncc(-c2ccc(C3=CCC(NC(=O)C4CCCN4C(=O)O)CC3)cc2)[nH]1. The fraction of sp³-hybridized carbons (Fsp3) is 0.533. The number of ether oxygens (including phenoxy) is 1. The average molecular weight is 550 g/mol. The third-order valence-electron chi connectivity index (χ3n) is 7.92. The molecule has 3 atom stereocenters. The van der Waals surface area contributed by atoms with Crippen LogP contribution < -0.4 is 5.32 Å². The van der Waals surface area contributed by atoms with Crippen molar-refractivity contribution >= 4 is 23.7 Å². The average Bonchev–Trinajstić information content (AvgIpc) is 3.69. The minimum Gasteiger partial charge on any atom is -0.465 e. The Morgan fingerprint density at radius 2 is 1.73 bits per heavy atom. The monoisotopic (exact) mass is 549 g/mol. The quantitative estimate of drug-likeness (QED) is 0.462. The van der Waals surface area contributed by atoms with Gasteiger partial charge in [0.1, 0.15) is 17.5 Å². The molecule has 10 nitrogen and oxygen atoms in total.